The molecule has 0 spiro atoms. The summed E-state index contributed by atoms with van der Waals surface area (Å²) in [4.78, 5) is 17.5. The lowest BCUT2D eigenvalue weighted by molar-refractivity contribution is 0.487. The SMILES string of the molecule is c1ccc(-c2ccc(N(c3ccccc3)c3ccc4c(c3)Oc3ccc(-c5nc(-c6ccccc6)nc(-c6ccc7ccccc7c6)n5)c5cccc-4c35)cc2)cc1. The van der Waals surface area contributed by atoms with Crippen molar-refractivity contribution in [2.75, 3.05) is 4.90 Å². The first-order chi connectivity index (χ1) is 28.7. The van der Waals surface area contributed by atoms with Crippen LogP contribution in [0.5, 0.6) is 11.5 Å². The summed E-state index contributed by atoms with van der Waals surface area (Å²) >= 11 is 0. The van der Waals surface area contributed by atoms with Gasteiger partial charge in [0.05, 0.1) is 0 Å². The van der Waals surface area contributed by atoms with E-state index in [1.807, 2.05) is 42.5 Å². The van der Waals surface area contributed by atoms with Crippen molar-refractivity contribution in [1.29, 1.82) is 0 Å². The predicted molar refractivity (Wildman–Crippen MR) is 237 cm³/mol. The minimum Gasteiger partial charge on any atom is -0.456 e. The Morgan fingerprint density at radius 3 is 1.69 bits per heavy atom. The Balaban J connectivity index is 1.02. The van der Waals surface area contributed by atoms with Crippen LogP contribution in [0.3, 0.4) is 0 Å². The van der Waals surface area contributed by atoms with Crippen LogP contribution in [0.15, 0.2) is 206 Å². The maximum atomic E-state index is 6.83. The number of aromatic nitrogens is 3. The Hall–Kier alpha value is -7.89. The number of benzene rings is 9. The number of anilines is 3. The van der Waals surface area contributed by atoms with Crippen molar-refractivity contribution in [3.8, 4) is 67.9 Å². The number of nitrogens with zero attached hydrogens (tertiary/aromatic N) is 4. The molecule has 9 aromatic carbocycles. The molecule has 1 aromatic heterocycles. The van der Waals surface area contributed by atoms with Crippen LogP contribution in [0.2, 0.25) is 0 Å². The highest BCUT2D eigenvalue weighted by Crippen LogP contribution is 2.50. The highest BCUT2D eigenvalue weighted by Gasteiger charge is 2.25. The van der Waals surface area contributed by atoms with Gasteiger partial charge in [0.15, 0.2) is 17.5 Å². The van der Waals surface area contributed by atoms with Gasteiger partial charge in [-0.3, -0.25) is 0 Å². The summed E-state index contributed by atoms with van der Waals surface area (Å²) in [6.45, 7) is 0. The molecular formula is C53H34N4O. The quantitative estimate of drug-likeness (QED) is 0.163. The Morgan fingerprint density at radius 1 is 0.328 bits per heavy atom. The summed E-state index contributed by atoms with van der Waals surface area (Å²) < 4.78 is 6.83. The Bertz CT molecular complexity index is 3130. The van der Waals surface area contributed by atoms with Gasteiger partial charge in [0, 0.05) is 50.8 Å². The van der Waals surface area contributed by atoms with Crippen molar-refractivity contribution < 1.29 is 4.74 Å². The molecule has 0 saturated carbocycles. The molecule has 5 nitrogen and oxygen atoms in total. The van der Waals surface area contributed by atoms with Gasteiger partial charge in [-0.15, -0.1) is 0 Å². The third-order valence-corrected chi connectivity index (χ3v) is 10.9. The zero-order valence-corrected chi connectivity index (χ0v) is 31.3. The molecule has 2 heterocycles. The fourth-order valence-electron chi connectivity index (χ4n) is 8.08. The van der Waals surface area contributed by atoms with Crippen molar-refractivity contribution in [1.82, 2.24) is 15.0 Å². The molecule has 5 heteroatoms. The largest absolute Gasteiger partial charge is 0.456 e. The average Bonchev–Trinajstić information content (AvgIpc) is 3.30. The number of para-hydroxylation sites is 1. The lowest BCUT2D eigenvalue weighted by atomic mass is 9.92. The van der Waals surface area contributed by atoms with Gasteiger partial charge in [-0.2, -0.15) is 0 Å². The van der Waals surface area contributed by atoms with Crippen molar-refractivity contribution in [2.45, 2.75) is 0 Å². The third kappa shape index (κ3) is 5.94. The van der Waals surface area contributed by atoms with E-state index < -0.39 is 0 Å². The fraction of sp³-hybridized carbons (Fsp3) is 0. The van der Waals surface area contributed by atoms with Crippen molar-refractivity contribution >= 4 is 38.6 Å². The van der Waals surface area contributed by atoms with E-state index in [0.29, 0.717) is 17.5 Å². The van der Waals surface area contributed by atoms with Gasteiger partial charge in [0.1, 0.15) is 11.5 Å². The molecule has 11 rings (SSSR count). The molecule has 0 unspecified atom stereocenters. The molecule has 0 aliphatic carbocycles. The molecule has 0 fully saturated rings. The Morgan fingerprint density at radius 2 is 0.914 bits per heavy atom. The molecule has 0 N–H and O–H groups in total. The van der Waals surface area contributed by atoms with E-state index >= 15 is 0 Å². The maximum absolute atomic E-state index is 6.83. The van der Waals surface area contributed by atoms with Gasteiger partial charge < -0.3 is 9.64 Å². The third-order valence-electron chi connectivity index (χ3n) is 10.9. The van der Waals surface area contributed by atoms with Gasteiger partial charge in [-0.1, -0.05) is 146 Å². The van der Waals surface area contributed by atoms with Gasteiger partial charge in [0.25, 0.3) is 0 Å². The molecule has 1 aliphatic rings. The average molecular weight is 743 g/mol. The summed E-state index contributed by atoms with van der Waals surface area (Å²) in [5.74, 6) is 3.46. The van der Waals surface area contributed by atoms with E-state index in [4.69, 9.17) is 19.7 Å². The lowest BCUT2D eigenvalue weighted by Crippen LogP contribution is -2.10. The van der Waals surface area contributed by atoms with E-state index in [9.17, 15) is 0 Å². The number of rotatable bonds is 7. The molecule has 0 bridgehead atoms. The maximum Gasteiger partial charge on any atom is 0.164 e. The minimum absolute atomic E-state index is 0.610. The van der Waals surface area contributed by atoms with Crippen LogP contribution in [-0.4, -0.2) is 15.0 Å². The monoisotopic (exact) mass is 742 g/mol. The summed E-state index contributed by atoms with van der Waals surface area (Å²) in [6.07, 6.45) is 0. The number of hydrogen-bond acceptors (Lipinski definition) is 5. The van der Waals surface area contributed by atoms with Gasteiger partial charge in [-0.05, 0) is 87.4 Å². The normalized spacial score (nSPS) is 11.6. The zero-order chi connectivity index (χ0) is 38.4. The summed E-state index contributed by atoms with van der Waals surface area (Å²) in [6, 6.07) is 71.6. The zero-order valence-electron chi connectivity index (χ0n) is 31.3. The highest BCUT2D eigenvalue weighted by atomic mass is 16.5. The molecule has 0 saturated heterocycles. The molecule has 272 valence electrons. The smallest absolute Gasteiger partial charge is 0.164 e. The lowest BCUT2D eigenvalue weighted by Gasteiger charge is -2.28. The predicted octanol–water partition coefficient (Wildman–Crippen LogP) is 14.1. The van der Waals surface area contributed by atoms with Gasteiger partial charge in [-0.25, -0.2) is 15.0 Å². The molecule has 0 amide bonds. The van der Waals surface area contributed by atoms with Crippen molar-refractivity contribution in [2.24, 2.45) is 0 Å². The number of hydrogen-bond donors (Lipinski definition) is 0. The van der Waals surface area contributed by atoms with Gasteiger partial charge in [0.2, 0.25) is 0 Å². The number of fused-ring (bicyclic) bond motifs is 3. The van der Waals surface area contributed by atoms with Crippen LogP contribution in [0.25, 0.3) is 78.0 Å². The van der Waals surface area contributed by atoms with Crippen LogP contribution in [0, 0.1) is 0 Å². The first-order valence-corrected chi connectivity index (χ1v) is 19.4. The van der Waals surface area contributed by atoms with Crippen LogP contribution >= 0.6 is 0 Å². The molecule has 1 aliphatic heterocycles. The van der Waals surface area contributed by atoms with E-state index in [0.717, 1.165) is 72.5 Å². The van der Waals surface area contributed by atoms with Crippen LogP contribution in [-0.2, 0) is 0 Å². The van der Waals surface area contributed by atoms with Crippen molar-refractivity contribution in [3.63, 3.8) is 0 Å². The summed E-state index contributed by atoms with van der Waals surface area (Å²) in [7, 11) is 0. The second kappa shape index (κ2) is 14.0. The molecule has 58 heavy (non-hydrogen) atoms. The van der Waals surface area contributed by atoms with E-state index in [1.54, 1.807) is 0 Å². The van der Waals surface area contributed by atoms with E-state index in [2.05, 4.69) is 169 Å². The number of ether oxygens (including phenoxy) is 1. The Labute approximate surface area is 336 Å². The standard InChI is InChI=1S/C53H34N4O/c1-4-13-35(14-5-1)37-25-27-42(28-26-37)57(41-19-8-3-9-20-41)43-29-30-44-45-21-12-22-46-47(31-32-48(50(45)46)58-49(44)34-43)53-55-51(38-16-6-2-7-17-38)54-52(56-53)40-24-23-36-15-10-11-18-39(36)33-40/h1-34H. The van der Waals surface area contributed by atoms with Crippen molar-refractivity contribution in [3.05, 3.63) is 206 Å². The molecule has 0 radical (unpaired) electrons. The second-order valence-corrected chi connectivity index (χ2v) is 14.4. The molecule has 10 aromatic rings. The van der Waals surface area contributed by atoms with E-state index in [1.165, 1.54) is 16.5 Å². The topological polar surface area (TPSA) is 51.1 Å². The second-order valence-electron chi connectivity index (χ2n) is 14.4. The minimum atomic E-state index is 0.610. The van der Waals surface area contributed by atoms with Crippen LogP contribution in [0.4, 0.5) is 17.1 Å². The molecule has 0 atom stereocenters. The highest BCUT2D eigenvalue weighted by molar-refractivity contribution is 6.09. The van der Waals surface area contributed by atoms with Crippen LogP contribution < -0.4 is 9.64 Å². The summed E-state index contributed by atoms with van der Waals surface area (Å²) in [5, 5.41) is 4.36. The Kier molecular flexibility index (Phi) is 8.07. The first-order valence-electron chi connectivity index (χ1n) is 19.4. The van der Waals surface area contributed by atoms with Gasteiger partial charge >= 0.3 is 0 Å². The molecular weight excluding hydrogens is 709 g/mol. The van der Waals surface area contributed by atoms with E-state index in [-0.39, 0.29) is 0 Å². The summed E-state index contributed by atoms with van der Waals surface area (Å²) in [5.41, 5.74) is 10.4. The van der Waals surface area contributed by atoms with Crippen LogP contribution in [0.1, 0.15) is 0 Å². The fourth-order valence-corrected chi connectivity index (χ4v) is 8.08. The first kappa shape index (κ1) is 33.4.